The average molecular weight is 470 g/mol. The summed E-state index contributed by atoms with van der Waals surface area (Å²) in [5.41, 5.74) is 0.398. The molecular formula is C22H16BrNO2S2. The molecule has 28 heavy (non-hydrogen) atoms. The van der Waals surface area contributed by atoms with Crippen LogP contribution in [-0.4, -0.2) is 11.0 Å². The number of nitrogens with one attached hydrogen (secondary N) is 1. The van der Waals surface area contributed by atoms with Crippen LogP contribution in [0.4, 0.5) is 5.69 Å². The number of rotatable bonds is 5. The maximum absolute atomic E-state index is 12.8. The second kappa shape index (κ2) is 8.01. The number of carbonyl (C=O) groups is 1. The van der Waals surface area contributed by atoms with Gasteiger partial charge in [-0.1, -0.05) is 46.3 Å². The van der Waals surface area contributed by atoms with Gasteiger partial charge in [0.1, 0.15) is 0 Å². The predicted octanol–water partition coefficient (Wildman–Crippen LogP) is 6.11. The number of hydrogen-bond donors (Lipinski definition) is 2. The van der Waals surface area contributed by atoms with E-state index in [4.69, 9.17) is 0 Å². The highest BCUT2D eigenvalue weighted by molar-refractivity contribution is 9.10. The van der Waals surface area contributed by atoms with E-state index in [2.05, 4.69) is 21.2 Å². The van der Waals surface area contributed by atoms with Gasteiger partial charge in [0.25, 0.3) is 5.91 Å². The fraction of sp³-hybridized carbons (Fsp3) is 0.0455. The third-order valence-electron chi connectivity index (χ3n) is 4.41. The number of hydrogen-bond acceptors (Lipinski definition) is 4. The average Bonchev–Trinajstić information content (AvgIpc) is 3.44. The zero-order valence-corrected chi connectivity index (χ0v) is 17.9. The monoisotopic (exact) mass is 469 g/mol. The summed E-state index contributed by atoms with van der Waals surface area (Å²) in [6, 6.07) is 22.2. The molecule has 2 aromatic carbocycles. The van der Waals surface area contributed by atoms with Crippen molar-refractivity contribution in [1.29, 1.82) is 0 Å². The lowest BCUT2D eigenvalue weighted by Crippen LogP contribution is -2.28. The Labute approximate surface area is 179 Å². The first-order chi connectivity index (χ1) is 13.6. The lowest BCUT2D eigenvalue weighted by Gasteiger charge is -2.29. The minimum absolute atomic E-state index is 0.219. The van der Waals surface area contributed by atoms with Crippen molar-refractivity contribution in [3.05, 3.63) is 109 Å². The van der Waals surface area contributed by atoms with E-state index in [-0.39, 0.29) is 5.91 Å². The number of thiophene rings is 2. The molecule has 0 unspecified atom stereocenters. The number of halogens is 1. The van der Waals surface area contributed by atoms with Gasteiger partial charge in [-0.3, -0.25) is 4.79 Å². The van der Waals surface area contributed by atoms with E-state index < -0.39 is 5.60 Å². The molecule has 4 rings (SSSR count). The summed E-state index contributed by atoms with van der Waals surface area (Å²) in [5.74, 6) is -0.219. The summed E-state index contributed by atoms with van der Waals surface area (Å²) in [6.45, 7) is 0. The van der Waals surface area contributed by atoms with Crippen molar-refractivity contribution in [2.45, 2.75) is 5.60 Å². The van der Waals surface area contributed by atoms with Gasteiger partial charge in [0.2, 0.25) is 0 Å². The summed E-state index contributed by atoms with van der Waals surface area (Å²) in [5, 5.41) is 18.8. The molecular weight excluding hydrogens is 454 g/mol. The predicted molar refractivity (Wildman–Crippen MR) is 119 cm³/mol. The highest BCUT2D eigenvalue weighted by atomic mass is 79.9. The lowest BCUT2D eigenvalue weighted by atomic mass is 9.89. The smallest absolute Gasteiger partial charge is 0.255 e. The number of carbonyl (C=O) groups excluding carboxylic acids is 1. The molecule has 0 spiro atoms. The van der Waals surface area contributed by atoms with Crippen molar-refractivity contribution in [2.75, 3.05) is 5.32 Å². The summed E-state index contributed by atoms with van der Waals surface area (Å²) < 4.78 is 0.826. The standard InChI is InChI=1S/C22H16BrNO2S2/c23-16-10-11-18(24-21(25)15-6-2-1-3-7-15)17(14-16)22(26,19-8-4-12-27-19)20-9-5-13-28-20/h1-14,26H,(H,24,25). The first kappa shape index (κ1) is 19.1. The summed E-state index contributed by atoms with van der Waals surface area (Å²) in [7, 11) is 0. The topological polar surface area (TPSA) is 49.3 Å². The van der Waals surface area contributed by atoms with E-state index in [1.165, 1.54) is 22.7 Å². The molecule has 2 heterocycles. The van der Waals surface area contributed by atoms with Gasteiger partial charge in [0.05, 0.1) is 0 Å². The van der Waals surface area contributed by atoms with E-state index in [1.807, 2.05) is 71.4 Å². The van der Waals surface area contributed by atoms with Gasteiger partial charge in [0.15, 0.2) is 5.60 Å². The number of amides is 1. The SMILES string of the molecule is O=C(Nc1ccc(Br)cc1C(O)(c1cccs1)c1cccs1)c1ccccc1. The Morgan fingerprint density at radius 1 is 0.893 bits per heavy atom. The van der Waals surface area contributed by atoms with E-state index >= 15 is 0 Å². The minimum atomic E-state index is -1.36. The van der Waals surface area contributed by atoms with Crippen molar-refractivity contribution >= 4 is 50.2 Å². The second-order valence-corrected chi connectivity index (χ2v) is 8.99. The Bertz CT molecular complexity index is 1040. The molecule has 3 nitrogen and oxygen atoms in total. The van der Waals surface area contributed by atoms with Gasteiger partial charge >= 0.3 is 0 Å². The van der Waals surface area contributed by atoms with Crippen LogP contribution < -0.4 is 5.32 Å². The van der Waals surface area contributed by atoms with Gasteiger partial charge in [-0.05, 0) is 53.2 Å². The van der Waals surface area contributed by atoms with Crippen LogP contribution in [0.2, 0.25) is 0 Å². The molecule has 0 fully saturated rings. The van der Waals surface area contributed by atoms with Gasteiger partial charge in [-0.2, -0.15) is 0 Å². The van der Waals surface area contributed by atoms with Crippen molar-refractivity contribution in [1.82, 2.24) is 0 Å². The van der Waals surface area contributed by atoms with Crippen LogP contribution in [0.1, 0.15) is 25.7 Å². The quantitative estimate of drug-likeness (QED) is 0.370. The van der Waals surface area contributed by atoms with E-state index in [9.17, 15) is 9.90 Å². The Kier molecular flexibility index (Phi) is 5.46. The molecule has 0 aliphatic carbocycles. The van der Waals surface area contributed by atoms with Crippen molar-refractivity contribution < 1.29 is 9.90 Å². The summed E-state index contributed by atoms with van der Waals surface area (Å²) >= 11 is 6.47. The largest absolute Gasteiger partial charge is 0.374 e. The third kappa shape index (κ3) is 3.56. The first-order valence-corrected chi connectivity index (χ1v) is 11.1. The van der Waals surface area contributed by atoms with Crippen LogP contribution in [-0.2, 0) is 5.60 Å². The normalized spacial score (nSPS) is 11.4. The molecule has 0 atom stereocenters. The molecule has 6 heteroatoms. The molecule has 0 saturated heterocycles. The molecule has 0 radical (unpaired) electrons. The fourth-order valence-corrected chi connectivity index (χ4v) is 5.19. The van der Waals surface area contributed by atoms with Crippen LogP contribution in [0.3, 0.4) is 0 Å². The zero-order valence-electron chi connectivity index (χ0n) is 14.6. The maximum atomic E-state index is 12.8. The Morgan fingerprint density at radius 2 is 1.54 bits per heavy atom. The van der Waals surface area contributed by atoms with Crippen LogP contribution >= 0.6 is 38.6 Å². The van der Waals surface area contributed by atoms with E-state index in [1.54, 1.807) is 12.1 Å². The van der Waals surface area contributed by atoms with Crippen LogP contribution in [0.5, 0.6) is 0 Å². The van der Waals surface area contributed by atoms with E-state index in [0.29, 0.717) is 16.8 Å². The second-order valence-electron chi connectivity index (χ2n) is 6.18. The highest BCUT2D eigenvalue weighted by Crippen LogP contribution is 2.44. The van der Waals surface area contributed by atoms with E-state index in [0.717, 1.165) is 14.2 Å². The Hall–Kier alpha value is -2.25. The minimum Gasteiger partial charge on any atom is -0.374 e. The third-order valence-corrected chi connectivity index (χ3v) is 6.86. The Balaban J connectivity index is 1.84. The highest BCUT2D eigenvalue weighted by Gasteiger charge is 2.38. The molecule has 140 valence electrons. The number of anilines is 1. The first-order valence-electron chi connectivity index (χ1n) is 8.56. The van der Waals surface area contributed by atoms with Gasteiger partial charge < -0.3 is 10.4 Å². The molecule has 0 saturated carbocycles. The van der Waals surface area contributed by atoms with Gasteiger partial charge in [-0.25, -0.2) is 0 Å². The molecule has 4 aromatic rings. The summed E-state index contributed by atoms with van der Waals surface area (Å²) in [6.07, 6.45) is 0. The number of benzene rings is 2. The molecule has 0 aliphatic heterocycles. The zero-order chi connectivity index (χ0) is 19.6. The lowest BCUT2D eigenvalue weighted by molar-refractivity contribution is 0.102. The molecule has 2 aromatic heterocycles. The Morgan fingerprint density at radius 3 is 2.11 bits per heavy atom. The molecule has 2 N–H and O–H groups in total. The molecule has 1 amide bonds. The van der Waals surface area contributed by atoms with Crippen LogP contribution in [0.15, 0.2) is 88.0 Å². The van der Waals surface area contributed by atoms with Crippen LogP contribution in [0.25, 0.3) is 0 Å². The molecule has 0 aliphatic rings. The van der Waals surface area contributed by atoms with Crippen molar-refractivity contribution in [2.24, 2.45) is 0 Å². The molecule has 0 bridgehead atoms. The van der Waals surface area contributed by atoms with Crippen LogP contribution in [0, 0.1) is 0 Å². The van der Waals surface area contributed by atoms with Gasteiger partial charge in [-0.15, -0.1) is 22.7 Å². The van der Waals surface area contributed by atoms with Crippen molar-refractivity contribution in [3.63, 3.8) is 0 Å². The van der Waals surface area contributed by atoms with Crippen molar-refractivity contribution in [3.8, 4) is 0 Å². The van der Waals surface area contributed by atoms with Gasteiger partial charge in [0, 0.05) is 31.0 Å². The fourth-order valence-electron chi connectivity index (χ4n) is 3.06. The maximum Gasteiger partial charge on any atom is 0.255 e. The summed E-state index contributed by atoms with van der Waals surface area (Å²) in [4.78, 5) is 14.3. The number of aliphatic hydroxyl groups is 1.